The number of hydrogen-bond donors (Lipinski definition) is 1. The number of hydrogen-bond acceptors (Lipinski definition) is 1. The van der Waals surface area contributed by atoms with Gasteiger partial charge in [-0.05, 0) is 53.5 Å². The van der Waals surface area contributed by atoms with Crippen molar-refractivity contribution in [3.8, 4) is 11.1 Å². The molecule has 1 N–H and O–H groups in total. The first-order valence-electron chi connectivity index (χ1n) is 9.50. The lowest BCUT2D eigenvalue weighted by Crippen LogP contribution is -1.91. The molecule has 140 valence electrons. The van der Waals surface area contributed by atoms with Crippen molar-refractivity contribution < 1.29 is 1.43 Å². The van der Waals surface area contributed by atoms with Crippen molar-refractivity contribution in [2.75, 3.05) is 5.32 Å². The topological polar surface area (TPSA) is 12.0 Å². The molecule has 0 spiro atoms. The van der Waals surface area contributed by atoms with E-state index in [2.05, 4.69) is 105 Å². The Morgan fingerprint density at radius 3 is 2.11 bits per heavy atom. The number of benzene rings is 3. The van der Waals surface area contributed by atoms with Gasteiger partial charge in [0, 0.05) is 12.8 Å². The van der Waals surface area contributed by atoms with Crippen LogP contribution >= 0.6 is 0 Å². The second-order valence-electron chi connectivity index (χ2n) is 6.44. The van der Waals surface area contributed by atoms with E-state index in [1.165, 1.54) is 28.7 Å². The zero-order chi connectivity index (χ0) is 19.5. The zero-order valence-corrected chi connectivity index (χ0v) is 16.6. The van der Waals surface area contributed by atoms with Crippen LogP contribution in [0.25, 0.3) is 16.7 Å². The Bertz CT molecular complexity index is 864. The van der Waals surface area contributed by atoms with Crippen molar-refractivity contribution in [1.29, 1.82) is 0 Å². The molecule has 0 saturated heterocycles. The molecule has 27 heavy (non-hydrogen) atoms. The van der Waals surface area contributed by atoms with E-state index in [1.54, 1.807) is 0 Å². The van der Waals surface area contributed by atoms with E-state index in [0.29, 0.717) is 0 Å². The molecule has 0 heterocycles. The predicted molar refractivity (Wildman–Crippen MR) is 124 cm³/mol. The van der Waals surface area contributed by atoms with E-state index in [0.717, 1.165) is 11.4 Å². The fourth-order valence-corrected chi connectivity index (χ4v) is 2.66. The minimum Gasteiger partial charge on any atom is -0.356 e. The molecule has 0 unspecified atom stereocenters. The molecule has 1 nitrogen and oxygen atoms in total. The smallest absolute Gasteiger partial charge is 0.0390 e. The fourth-order valence-electron chi connectivity index (χ4n) is 2.66. The van der Waals surface area contributed by atoms with Gasteiger partial charge in [-0.15, -0.1) is 0 Å². The van der Waals surface area contributed by atoms with Crippen LogP contribution in [0.2, 0.25) is 0 Å². The molecule has 0 atom stereocenters. The van der Waals surface area contributed by atoms with Crippen LogP contribution in [0, 0.1) is 0 Å². The second-order valence-corrected chi connectivity index (χ2v) is 6.44. The first-order chi connectivity index (χ1) is 13.2. The van der Waals surface area contributed by atoms with Crippen molar-refractivity contribution in [2.24, 2.45) is 0 Å². The van der Waals surface area contributed by atoms with Crippen molar-refractivity contribution >= 4 is 16.9 Å². The summed E-state index contributed by atoms with van der Waals surface area (Å²) in [6.45, 7) is 10.1. The standard InChI is InChI=1S/C23H21N.C3H8.H2/c1-3-8-18(2)21-11-7-12-23(17-21)24-22-15-13-20(14-16-22)19-9-5-4-6-10-19;1-3-2;/h3-17,24H,1H2,2H3;3H2,1-2H3;1H/b18-8+;;. The molecule has 0 saturated carbocycles. The van der Waals surface area contributed by atoms with Gasteiger partial charge >= 0.3 is 0 Å². The Morgan fingerprint density at radius 2 is 1.48 bits per heavy atom. The lowest BCUT2D eigenvalue weighted by molar-refractivity contribution is 1.09. The van der Waals surface area contributed by atoms with Crippen molar-refractivity contribution in [3.63, 3.8) is 0 Å². The zero-order valence-electron chi connectivity index (χ0n) is 16.6. The Hall–Kier alpha value is -3.06. The summed E-state index contributed by atoms with van der Waals surface area (Å²) in [5.41, 5.74) is 7.01. The van der Waals surface area contributed by atoms with Gasteiger partial charge in [0.15, 0.2) is 0 Å². The molecule has 1 heteroatoms. The molecule has 3 rings (SSSR count). The maximum Gasteiger partial charge on any atom is 0.0390 e. The van der Waals surface area contributed by atoms with Gasteiger partial charge < -0.3 is 5.32 Å². The molecular formula is C26H31N. The molecule has 0 aliphatic heterocycles. The van der Waals surface area contributed by atoms with Crippen LogP contribution in [-0.2, 0) is 0 Å². The Balaban J connectivity index is 0.000000921. The summed E-state index contributed by atoms with van der Waals surface area (Å²) < 4.78 is 0. The summed E-state index contributed by atoms with van der Waals surface area (Å²) in [6, 6.07) is 27.3. The van der Waals surface area contributed by atoms with Gasteiger partial charge in [0.25, 0.3) is 0 Å². The van der Waals surface area contributed by atoms with Gasteiger partial charge in [-0.25, -0.2) is 0 Å². The van der Waals surface area contributed by atoms with Gasteiger partial charge in [0.2, 0.25) is 0 Å². The summed E-state index contributed by atoms with van der Waals surface area (Å²) in [7, 11) is 0. The summed E-state index contributed by atoms with van der Waals surface area (Å²) in [6.07, 6.45) is 5.09. The van der Waals surface area contributed by atoms with E-state index in [4.69, 9.17) is 0 Å². The average Bonchev–Trinajstić information content (AvgIpc) is 2.70. The third-order valence-corrected chi connectivity index (χ3v) is 3.97. The van der Waals surface area contributed by atoms with Gasteiger partial charge in [-0.3, -0.25) is 0 Å². The highest BCUT2D eigenvalue weighted by Crippen LogP contribution is 2.25. The highest BCUT2D eigenvalue weighted by atomic mass is 14.9. The molecule has 0 amide bonds. The molecule has 0 radical (unpaired) electrons. The molecule has 0 fully saturated rings. The Kier molecular flexibility index (Phi) is 8.12. The number of nitrogens with one attached hydrogen (secondary N) is 1. The van der Waals surface area contributed by atoms with Crippen LogP contribution in [0.5, 0.6) is 0 Å². The first kappa shape index (κ1) is 20.3. The number of allylic oxidation sites excluding steroid dienone is 3. The van der Waals surface area contributed by atoms with E-state index >= 15 is 0 Å². The Morgan fingerprint density at radius 1 is 0.852 bits per heavy atom. The van der Waals surface area contributed by atoms with Crippen LogP contribution in [0.4, 0.5) is 11.4 Å². The minimum absolute atomic E-state index is 0. The second kappa shape index (κ2) is 10.8. The van der Waals surface area contributed by atoms with E-state index < -0.39 is 0 Å². The molecule has 3 aromatic carbocycles. The SMILES string of the molecule is C=C/C=C(\C)c1cccc(Nc2ccc(-c3ccccc3)cc2)c1.CCC.[HH]. The molecule has 3 aromatic rings. The van der Waals surface area contributed by atoms with Gasteiger partial charge in [0.1, 0.15) is 0 Å². The quantitative estimate of drug-likeness (QED) is 0.452. The maximum atomic E-state index is 3.76. The van der Waals surface area contributed by atoms with Gasteiger partial charge in [0.05, 0.1) is 0 Å². The van der Waals surface area contributed by atoms with Crippen LogP contribution < -0.4 is 5.32 Å². The summed E-state index contributed by atoms with van der Waals surface area (Å²) in [5.74, 6) is 0. The first-order valence-corrected chi connectivity index (χ1v) is 9.50. The van der Waals surface area contributed by atoms with E-state index in [1.807, 2.05) is 18.2 Å². The third kappa shape index (κ3) is 6.31. The largest absolute Gasteiger partial charge is 0.356 e. The molecule has 0 aliphatic carbocycles. The van der Waals surface area contributed by atoms with Crippen LogP contribution in [0.1, 0.15) is 34.2 Å². The van der Waals surface area contributed by atoms with Crippen LogP contribution in [-0.4, -0.2) is 0 Å². The summed E-state index contributed by atoms with van der Waals surface area (Å²) in [4.78, 5) is 0. The average molecular weight is 358 g/mol. The number of rotatable bonds is 5. The lowest BCUT2D eigenvalue weighted by atomic mass is 10.0. The monoisotopic (exact) mass is 357 g/mol. The highest BCUT2D eigenvalue weighted by Gasteiger charge is 2.00. The van der Waals surface area contributed by atoms with Gasteiger partial charge in [-0.1, -0.05) is 93.6 Å². The minimum atomic E-state index is 0. The number of anilines is 2. The molecule has 0 bridgehead atoms. The normalized spacial score (nSPS) is 10.6. The van der Waals surface area contributed by atoms with E-state index in [-0.39, 0.29) is 1.43 Å². The van der Waals surface area contributed by atoms with Crippen LogP contribution in [0.3, 0.4) is 0 Å². The fraction of sp³-hybridized carbons (Fsp3) is 0.154. The van der Waals surface area contributed by atoms with Crippen molar-refractivity contribution in [2.45, 2.75) is 27.2 Å². The van der Waals surface area contributed by atoms with Crippen molar-refractivity contribution in [1.82, 2.24) is 0 Å². The lowest BCUT2D eigenvalue weighted by Gasteiger charge is -2.10. The van der Waals surface area contributed by atoms with E-state index in [9.17, 15) is 0 Å². The molecular weight excluding hydrogens is 326 g/mol. The molecule has 0 aromatic heterocycles. The van der Waals surface area contributed by atoms with Gasteiger partial charge in [-0.2, -0.15) is 0 Å². The summed E-state index contributed by atoms with van der Waals surface area (Å²) >= 11 is 0. The van der Waals surface area contributed by atoms with Crippen LogP contribution in [0.15, 0.2) is 97.6 Å². The molecule has 0 aliphatic rings. The summed E-state index contributed by atoms with van der Waals surface area (Å²) in [5, 5.41) is 3.47. The third-order valence-electron chi connectivity index (χ3n) is 3.97. The van der Waals surface area contributed by atoms with Crippen molar-refractivity contribution in [3.05, 3.63) is 103 Å². The Labute approximate surface area is 165 Å². The highest BCUT2D eigenvalue weighted by molar-refractivity contribution is 5.72. The maximum absolute atomic E-state index is 3.76. The predicted octanol–water partition coefficient (Wildman–Crippen LogP) is 8.35.